The van der Waals surface area contributed by atoms with Crippen molar-refractivity contribution in [3.63, 3.8) is 0 Å². The standard InChI is InChI=1S/C20H25N5OS/c1-14-11-17(15(2)24(14)12-16-9-7-6-8-10-16)18(26)13-27-19-21-22-23-25(19)20(3,4)5/h6-11H,12-13H2,1-5H3. The molecule has 0 spiro atoms. The molecule has 0 bridgehead atoms. The van der Waals surface area contributed by atoms with Crippen molar-refractivity contribution in [2.24, 2.45) is 0 Å². The van der Waals surface area contributed by atoms with E-state index in [0.29, 0.717) is 10.9 Å². The molecule has 3 aromatic rings. The van der Waals surface area contributed by atoms with Gasteiger partial charge in [-0.15, -0.1) is 5.10 Å². The molecular formula is C20H25N5OS. The lowest BCUT2D eigenvalue weighted by Gasteiger charge is -2.19. The van der Waals surface area contributed by atoms with Crippen LogP contribution in [0.2, 0.25) is 0 Å². The third kappa shape index (κ3) is 4.30. The maximum Gasteiger partial charge on any atom is 0.210 e. The Bertz CT molecular complexity index is 937. The quantitative estimate of drug-likeness (QED) is 0.477. The summed E-state index contributed by atoms with van der Waals surface area (Å²) in [4.78, 5) is 12.8. The van der Waals surface area contributed by atoms with E-state index in [0.717, 1.165) is 23.5 Å². The Balaban J connectivity index is 1.74. The maximum atomic E-state index is 12.8. The normalized spacial score (nSPS) is 11.7. The number of nitrogens with zero attached hydrogens (tertiary/aromatic N) is 5. The van der Waals surface area contributed by atoms with Gasteiger partial charge >= 0.3 is 0 Å². The highest BCUT2D eigenvalue weighted by Gasteiger charge is 2.22. The maximum absolute atomic E-state index is 12.8. The van der Waals surface area contributed by atoms with Crippen LogP contribution in [0.3, 0.4) is 0 Å². The van der Waals surface area contributed by atoms with Gasteiger partial charge in [0, 0.05) is 23.5 Å². The Morgan fingerprint density at radius 2 is 1.85 bits per heavy atom. The minimum Gasteiger partial charge on any atom is -0.344 e. The van der Waals surface area contributed by atoms with E-state index in [-0.39, 0.29) is 11.3 Å². The van der Waals surface area contributed by atoms with Gasteiger partial charge in [-0.25, -0.2) is 4.68 Å². The van der Waals surface area contributed by atoms with Crippen LogP contribution < -0.4 is 0 Å². The molecule has 6 nitrogen and oxygen atoms in total. The molecule has 7 heteroatoms. The highest BCUT2D eigenvalue weighted by atomic mass is 32.2. The van der Waals surface area contributed by atoms with Gasteiger partial charge in [0.25, 0.3) is 0 Å². The molecule has 27 heavy (non-hydrogen) atoms. The first kappa shape index (κ1) is 19.4. The molecule has 2 heterocycles. The molecule has 0 radical (unpaired) electrons. The molecule has 0 fully saturated rings. The first-order valence-corrected chi connectivity index (χ1v) is 9.91. The Kier molecular flexibility index (Phi) is 5.51. The Morgan fingerprint density at radius 1 is 1.15 bits per heavy atom. The van der Waals surface area contributed by atoms with Gasteiger partial charge in [0.1, 0.15) is 0 Å². The molecule has 0 aliphatic heterocycles. The SMILES string of the molecule is Cc1cc(C(=O)CSc2nnnn2C(C)(C)C)c(C)n1Cc1ccccc1. The minimum absolute atomic E-state index is 0.0934. The zero-order chi connectivity index (χ0) is 19.6. The molecular weight excluding hydrogens is 358 g/mol. The second kappa shape index (κ2) is 7.68. The van der Waals surface area contributed by atoms with Crippen LogP contribution in [0.4, 0.5) is 0 Å². The first-order chi connectivity index (χ1) is 12.8. The summed E-state index contributed by atoms with van der Waals surface area (Å²) >= 11 is 1.38. The average Bonchev–Trinajstić information content (AvgIpc) is 3.20. The van der Waals surface area contributed by atoms with Gasteiger partial charge in [-0.3, -0.25) is 4.79 Å². The lowest BCUT2D eigenvalue weighted by molar-refractivity contribution is 0.102. The second-order valence-electron chi connectivity index (χ2n) is 7.61. The number of carbonyl (C=O) groups is 1. The van der Waals surface area contributed by atoms with E-state index in [1.54, 1.807) is 4.68 Å². The molecule has 142 valence electrons. The summed E-state index contributed by atoms with van der Waals surface area (Å²) in [6.45, 7) is 10.9. The molecule has 1 aromatic carbocycles. The fraction of sp³-hybridized carbons (Fsp3) is 0.400. The summed E-state index contributed by atoms with van der Waals surface area (Å²) in [5, 5.41) is 12.5. The summed E-state index contributed by atoms with van der Waals surface area (Å²) in [6.07, 6.45) is 0. The van der Waals surface area contributed by atoms with Gasteiger partial charge in [-0.05, 0) is 56.7 Å². The highest BCUT2D eigenvalue weighted by molar-refractivity contribution is 7.99. The summed E-state index contributed by atoms with van der Waals surface area (Å²) < 4.78 is 3.94. The second-order valence-corrected chi connectivity index (χ2v) is 8.55. The Morgan fingerprint density at radius 3 is 2.52 bits per heavy atom. The highest BCUT2D eigenvalue weighted by Crippen LogP contribution is 2.24. The Labute approximate surface area is 164 Å². The van der Waals surface area contributed by atoms with E-state index in [1.807, 2.05) is 58.9 Å². The molecule has 0 aliphatic rings. The number of Topliss-reactive ketones (excluding diaryl/α,β-unsaturated/α-hetero) is 1. The lowest BCUT2D eigenvalue weighted by atomic mass is 10.1. The van der Waals surface area contributed by atoms with Crippen molar-refractivity contribution in [2.45, 2.75) is 51.9 Å². The van der Waals surface area contributed by atoms with Crippen LogP contribution in [-0.4, -0.2) is 36.3 Å². The number of rotatable bonds is 6. The monoisotopic (exact) mass is 383 g/mol. The van der Waals surface area contributed by atoms with Gasteiger partial charge in [0.2, 0.25) is 5.16 Å². The summed E-state index contributed by atoms with van der Waals surface area (Å²) in [5.74, 6) is 0.405. The summed E-state index contributed by atoms with van der Waals surface area (Å²) in [7, 11) is 0. The van der Waals surface area contributed by atoms with Crippen LogP contribution in [0.15, 0.2) is 41.6 Å². The largest absolute Gasteiger partial charge is 0.344 e. The van der Waals surface area contributed by atoms with Crippen molar-refractivity contribution < 1.29 is 4.79 Å². The number of aromatic nitrogens is 5. The molecule has 0 N–H and O–H groups in total. The summed E-state index contributed by atoms with van der Waals surface area (Å²) in [5.41, 5.74) is 3.85. The number of tetrazole rings is 1. The topological polar surface area (TPSA) is 65.6 Å². The van der Waals surface area contributed by atoms with Crippen molar-refractivity contribution in [2.75, 3.05) is 5.75 Å². The van der Waals surface area contributed by atoms with Crippen LogP contribution >= 0.6 is 11.8 Å². The average molecular weight is 384 g/mol. The number of benzene rings is 1. The molecule has 0 saturated carbocycles. The predicted molar refractivity (Wildman–Crippen MR) is 107 cm³/mol. The minimum atomic E-state index is -0.222. The molecule has 2 aromatic heterocycles. The van der Waals surface area contributed by atoms with Crippen molar-refractivity contribution >= 4 is 17.5 Å². The summed E-state index contributed by atoms with van der Waals surface area (Å²) in [6, 6.07) is 12.3. The van der Waals surface area contributed by atoms with Gasteiger partial charge in [-0.2, -0.15) is 0 Å². The zero-order valence-corrected chi connectivity index (χ0v) is 17.2. The zero-order valence-electron chi connectivity index (χ0n) is 16.4. The van der Waals surface area contributed by atoms with Crippen LogP contribution in [0, 0.1) is 13.8 Å². The van der Waals surface area contributed by atoms with Crippen LogP contribution in [0.1, 0.15) is 48.1 Å². The van der Waals surface area contributed by atoms with Gasteiger partial charge in [-0.1, -0.05) is 42.1 Å². The molecule has 3 rings (SSSR count). The van der Waals surface area contributed by atoms with Gasteiger partial charge in [0.05, 0.1) is 11.3 Å². The molecule has 0 saturated heterocycles. The fourth-order valence-corrected chi connectivity index (χ4v) is 3.93. The number of ketones is 1. The third-order valence-electron chi connectivity index (χ3n) is 4.47. The third-order valence-corrected chi connectivity index (χ3v) is 5.39. The lowest BCUT2D eigenvalue weighted by Crippen LogP contribution is -2.24. The van der Waals surface area contributed by atoms with E-state index >= 15 is 0 Å². The Hall–Kier alpha value is -2.41. The van der Waals surface area contributed by atoms with Crippen molar-refractivity contribution in [1.82, 2.24) is 24.8 Å². The van der Waals surface area contributed by atoms with E-state index in [4.69, 9.17) is 0 Å². The van der Waals surface area contributed by atoms with Crippen LogP contribution in [-0.2, 0) is 12.1 Å². The number of carbonyl (C=O) groups excluding carboxylic acids is 1. The molecule has 0 amide bonds. The van der Waals surface area contributed by atoms with Crippen molar-refractivity contribution in [1.29, 1.82) is 0 Å². The van der Waals surface area contributed by atoms with Gasteiger partial charge in [0.15, 0.2) is 5.78 Å². The van der Waals surface area contributed by atoms with Crippen LogP contribution in [0.5, 0.6) is 0 Å². The van der Waals surface area contributed by atoms with E-state index in [9.17, 15) is 4.79 Å². The number of thioether (sulfide) groups is 1. The number of aryl methyl sites for hydroxylation is 1. The molecule has 0 atom stereocenters. The van der Waals surface area contributed by atoms with Gasteiger partial charge < -0.3 is 4.57 Å². The van der Waals surface area contributed by atoms with E-state index in [2.05, 4.69) is 32.2 Å². The van der Waals surface area contributed by atoms with E-state index < -0.39 is 0 Å². The van der Waals surface area contributed by atoms with Crippen LogP contribution in [0.25, 0.3) is 0 Å². The van der Waals surface area contributed by atoms with Crippen molar-refractivity contribution in [3.8, 4) is 0 Å². The van der Waals surface area contributed by atoms with Crippen molar-refractivity contribution in [3.05, 3.63) is 58.9 Å². The molecule has 0 unspecified atom stereocenters. The van der Waals surface area contributed by atoms with E-state index in [1.165, 1.54) is 17.3 Å². The predicted octanol–water partition coefficient (Wildman–Crippen LogP) is 3.87. The smallest absolute Gasteiger partial charge is 0.210 e. The molecule has 0 aliphatic carbocycles. The fourth-order valence-electron chi connectivity index (χ4n) is 2.99. The number of hydrogen-bond acceptors (Lipinski definition) is 5. The first-order valence-electron chi connectivity index (χ1n) is 8.93. The number of hydrogen-bond donors (Lipinski definition) is 0.